The van der Waals surface area contributed by atoms with E-state index in [1.165, 1.54) is 7.05 Å². The van der Waals surface area contributed by atoms with E-state index < -0.39 is 23.5 Å². The van der Waals surface area contributed by atoms with Crippen LogP contribution in [0.25, 0.3) is 0 Å². The lowest BCUT2D eigenvalue weighted by Crippen LogP contribution is -2.48. The van der Waals surface area contributed by atoms with E-state index in [0.717, 1.165) is 16.0 Å². The number of hydrazine groups is 1. The number of ether oxygens (including phenoxy) is 2. The van der Waals surface area contributed by atoms with Crippen molar-refractivity contribution in [1.29, 1.82) is 0 Å². The van der Waals surface area contributed by atoms with Crippen molar-refractivity contribution < 1.29 is 23.9 Å². The third-order valence-electron chi connectivity index (χ3n) is 4.00. The summed E-state index contributed by atoms with van der Waals surface area (Å²) in [6, 6.07) is 17.4. The van der Waals surface area contributed by atoms with Gasteiger partial charge in [-0.3, -0.25) is 20.4 Å². The molecule has 8 heteroatoms. The summed E-state index contributed by atoms with van der Waals surface area (Å²) >= 11 is 0. The monoisotopic (exact) mass is 427 g/mol. The highest BCUT2D eigenvalue weighted by Gasteiger charge is 2.21. The maximum absolute atomic E-state index is 12.0. The Bertz CT molecular complexity index is 894. The van der Waals surface area contributed by atoms with Gasteiger partial charge in [-0.05, 0) is 38.0 Å². The van der Waals surface area contributed by atoms with Crippen LogP contribution in [0.15, 0.2) is 54.6 Å². The molecule has 31 heavy (non-hydrogen) atoms. The van der Waals surface area contributed by atoms with E-state index in [4.69, 9.17) is 9.47 Å². The standard InChI is InChI=1S/C23H29N3O5/c1-23(2,3)31-22(29)26(4)15-20(27)24-25-21(28)16-30-19-13-9-8-12-18(19)14-17-10-6-5-7-11-17/h5-13H,14-16H2,1-4H3,(H,24,27)(H,25,28). The third kappa shape index (κ3) is 8.77. The van der Waals surface area contributed by atoms with Crippen LogP contribution in [0.3, 0.4) is 0 Å². The highest BCUT2D eigenvalue weighted by atomic mass is 16.6. The summed E-state index contributed by atoms with van der Waals surface area (Å²) in [4.78, 5) is 37.0. The van der Waals surface area contributed by atoms with Gasteiger partial charge in [0, 0.05) is 13.5 Å². The Hall–Kier alpha value is -3.55. The zero-order valence-electron chi connectivity index (χ0n) is 18.3. The first-order valence-electron chi connectivity index (χ1n) is 9.90. The highest BCUT2D eigenvalue weighted by molar-refractivity contribution is 5.85. The second-order valence-electron chi connectivity index (χ2n) is 7.99. The zero-order valence-corrected chi connectivity index (χ0v) is 18.3. The first-order chi connectivity index (χ1) is 14.6. The summed E-state index contributed by atoms with van der Waals surface area (Å²) < 4.78 is 10.8. The minimum Gasteiger partial charge on any atom is -0.483 e. The van der Waals surface area contributed by atoms with Crippen LogP contribution in [-0.2, 0) is 20.7 Å². The number of hydrogen-bond donors (Lipinski definition) is 2. The Balaban J connectivity index is 1.78. The SMILES string of the molecule is CN(CC(=O)NNC(=O)COc1ccccc1Cc1ccccc1)C(=O)OC(C)(C)C. The van der Waals surface area contributed by atoms with Gasteiger partial charge in [-0.15, -0.1) is 0 Å². The molecule has 2 aromatic carbocycles. The van der Waals surface area contributed by atoms with E-state index in [0.29, 0.717) is 12.2 Å². The lowest BCUT2D eigenvalue weighted by atomic mass is 10.0. The Kier molecular flexibility index (Phi) is 8.43. The van der Waals surface area contributed by atoms with Crippen molar-refractivity contribution in [2.75, 3.05) is 20.2 Å². The second-order valence-corrected chi connectivity index (χ2v) is 7.99. The summed E-state index contributed by atoms with van der Waals surface area (Å²) in [6.45, 7) is 4.66. The number of carbonyl (C=O) groups is 3. The zero-order chi connectivity index (χ0) is 22.9. The molecular formula is C23H29N3O5. The summed E-state index contributed by atoms with van der Waals surface area (Å²) in [5, 5.41) is 0. The topological polar surface area (TPSA) is 97.0 Å². The number of benzene rings is 2. The Morgan fingerprint density at radius 1 is 0.903 bits per heavy atom. The van der Waals surface area contributed by atoms with E-state index >= 15 is 0 Å². The van der Waals surface area contributed by atoms with Gasteiger partial charge in [0.15, 0.2) is 6.61 Å². The summed E-state index contributed by atoms with van der Waals surface area (Å²) in [5.41, 5.74) is 5.94. The van der Waals surface area contributed by atoms with Gasteiger partial charge in [0.05, 0.1) is 0 Å². The van der Waals surface area contributed by atoms with Crippen LogP contribution in [-0.4, -0.2) is 48.6 Å². The smallest absolute Gasteiger partial charge is 0.410 e. The number of nitrogens with one attached hydrogen (secondary N) is 2. The average Bonchev–Trinajstić information content (AvgIpc) is 2.71. The number of carbonyl (C=O) groups excluding carboxylic acids is 3. The molecule has 0 saturated carbocycles. The fraction of sp³-hybridized carbons (Fsp3) is 0.348. The number of rotatable bonds is 7. The van der Waals surface area contributed by atoms with E-state index in [2.05, 4.69) is 10.9 Å². The average molecular weight is 428 g/mol. The molecule has 2 rings (SSSR count). The van der Waals surface area contributed by atoms with Gasteiger partial charge >= 0.3 is 6.09 Å². The van der Waals surface area contributed by atoms with Crippen LogP contribution in [0.1, 0.15) is 31.9 Å². The summed E-state index contributed by atoms with van der Waals surface area (Å²) in [5.74, 6) is -0.494. The number of para-hydroxylation sites is 1. The van der Waals surface area contributed by atoms with Crippen molar-refractivity contribution >= 4 is 17.9 Å². The van der Waals surface area contributed by atoms with Gasteiger partial charge in [0.1, 0.15) is 17.9 Å². The van der Waals surface area contributed by atoms with Crippen LogP contribution in [0.5, 0.6) is 5.75 Å². The molecule has 0 aliphatic heterocycles. The number of amides is 3. The van der Waals surface area contributed by atoms with E-state index in [1.54, 1.807) is 26.8 Å². The van der Waals surface area contributed by atoms with Crippen molar-refractivity contribution in [2.24, 2.45) is 0 Å². The van der Waals surface area contributed by atoms with Gasteiger partial charge in [-0.1, -0.05) is 48.5 Å². The predicted molar refractivity (Wildman–Crippen MR) is 116 cm³/mol. The minimum absolute atomic E-state index is 0.268. The Morgan fingerprint density at radius 2 is 1.52 bits per heavy atom. The molecule has 8 nitrogen and oxygen atoms in total. The molecular weight excluding hydrogens is 398 g/mol. The van der Waals surface area contributed by atoms with E-state index in [-0.39, 0.29) is 13.2 Å². The molecule has 0 bridgehead atoms. The van der Waals surface area contributed by atoms with E-state index in [9.17, 15) is 14.4 Å². The van der Waals surface area contributed by atoms with Gasteiger partial charge < -0.3 is 14.4 Å². The van der Waals surface area contributed by atoms with Crippen molar-refractivity contribution in [2.45, 2.75) is 32.8 Å². The first-order valence-corrected chi connectivity index (χ1v) is 9.90. The lowest BCUT2D eigenvalue weighted by Gasteiger charge is -2.24. The number of nitrogens with zero attached hydrogens (tertiary/aromatic N) is 1. The molecule has 0 unspecified atom stereocenters. The molecule has 0 radical (unpaired) electrons. The third-order valence-corrected chi connectivity index (χ3v) is 4.00. The molecule has 2 N–H and O–H groups in total. The molecule has 0 spiro atoms. The first kappa shape index (κ1) is 23.7. The van der Waals surface area contributed by atoms with Crippen LogP contribution >= 0.6 is 0 Å². The lowest BCUT2D eigenvalue weighted by molar-refractivity contribution is -0.130. The maximum atomic E-state index is 12.0. The molecule has 0 heterocycles. The molecule has 0 aliphatic rings. The molecule has 3 amide bonds. The maximum Gasteiger partial charge on any atom is 0.410 e. The summed E-state index contributed by atoms with van der Waals surface area (Å²) in [7, 11) is 1.43. The molecule has 0 aromatic heterocycles. The Morgan fingerprint density at radius 3 is 2.19 bits per heavy atom. The van der Waals surface area contributed by atoms with Gasteiger partial charge in [0.25, 0.3) is 11.8 Å². The van der Waals surface area contributed by atoms with E-state index in [1.807, 2.05) is 48.5 Å². The predicted octanol–water partition coefficient (Wildman–Crippen LogP) is 2.67. The number of hydrogen-bond acceptors (Lipinski definition) is 5. The van der Waals surface area contributed by atoms with Crippen LogP contribution in [0, 0.1) is 0 Å². The van der Waals surface area contributed by atoms with Crippen molar-refractivity contribution in [1.82, 2.24) is 15.8 Å². The molecule has 0 atom stereocenters. The molecule has 0 saturated heterocycles. The molecule has 0 fully saturated rings. The molecule has 0 aliphatic carbocycles. The largest absolute Gasteiger partial charge is 0.483 e. The Labute approximate surface area is 182 Å². The van der Waals surface area contributed by atoms with Crippen molar-refractivity contribution in [3.63, 3.8) is 0 Å². The quantitative estimate of drug-likeness (QED) is 0.662. The van der Waals surface area contributed by atoms with Crippen molar-refractivity contribution in [3.05, 3.63) is 65.7 Å². The fourth-order valence-corrected chi connectivity index (χ4v) is 2.58. The molecule has 166 valence electrons. The number of likely N-dealkylation sites (N-methyl/N-ethyl adjacent to an activating group) is 1. The van der Waals surface area contributed by atoms with Crippen LogP contribution in [0.4, 0.5) is 4.79 Å². The summed E-state index contributed by atoms with van der Waals surface area (Å²) in [6.07, 6.45) is 0.0409. The van der Waals surface area contributed by atoms with Gasteiger partial charge in [-0.2, -0.15) is 0 Å². The fourth-order valence-electron chi connectivity index (χ4n) is 2.58. The van der Waals surface area contributed by atoms with Crippen LogP contribution < -0.4 is 15.6 Å². The van der Waals surface area contributed by atoms with Gasteiger partial charge in [0.2, 0.25) is 0 Å². The van der Waals surface area contributed by atoms with Gasteiger partial charge in [-0.25, -0.2) is 4.79 Å². The second kappa shape index (κ2) is 11.0. The normalized spacial score (nSPS) is 10.7. The molecule has 2 aromatic rings. The van der Waals surface area contributed by atoms with Crippen molar-refractivity contribution in [3.8, 4) is 5.75 Å². The minimum atomic E-state index is -0.663. The highest BCUT2D eigenvalue weighted by Crippen LogP contribution is 2.21. The van der Waals surface area contributed by atoms with Crippen LogP contribution in [0.2, 0.25) is 0 Å².